The lowest BCUT2D eigenvalue weighted by Gasteiger charge is -2.28. The third-order valence-corrected chi connectivity index (χ3v) is 12.2. The summed E-state index contributed by atoms with van der Waals surface area (Å²) in [5.41, 5.74) is 9.14. The van der Waals surface area contributed by atoms with Gasteiger partial charge in [-0.15, -0.1) is 11.3 Å². The second kappa shape index (κ2) is 11.3. The van der Waals surface area contributed by atoms with Crippen molar-refractivity contribution in [1.29, 1.82) is 0 Å². The summed E-state index contributed by atoms with van der Waals surface area (Å²) in [5.74, 6) is 0. The van der Waals surface area contributed by atoms with Gasteiger partial charge in [-0.2, -0.15) is 0 Å². The van der Waals surface area contributed by atoms with Gasteiger partial charge in [-0.1, -0.05) is 109 Å². The standard InChI is InChI=1S/C50H29NO2S/c1-2-10-30(11-3-1)35-14-8-9-17-42(35)51(34-20-24-38-39-22-18-31-12-4-6-15-36(31)49(39)53-44(38)29-34)33-21-26-45-41(28-33)48-46(54-45)27-25-43-47(48)40-23-19-32-13-5-7-16-37(32)50(40)52-43/h1-29H. The predicted octanol–water partition coefficient (Wildman–Crippen LogP) is 15.3. The van der Waals surface area contributed by atoms with Gasteiger partial charge in [0.2, 0.25) is 0 Å². The fraction of sp³-hybridized carbons (Fsp3) is 0. The highest BCUT2D eigenvalue weighted by atomic mass is 32.1. The maximum Gasteiger partial charge on any atom is 0.143 e. The van der Waals surface area contributed by atoms with Crippen molar-refractivity contribution in [3.63, 3.8) is 0 Å². The smallest absolute Gasteiger partial charge is 0.143 e. The Kier molecular flexibility index (Phi) is 6.21. The van der Waals surface area contributed by atoms with E-state index in [0.717, 1.165) is 77.5 Å². The molecule has 0 radical (unpaired) electrons. The average molecular weight is 708 g/mol. The number of thiophene rings is 1. The maximum atomic E-state index is 6.73. The molecule has 12 rings (SSSR count). The first-order valence-corrected chi connectivity index (χ1v) is 19.1. The molecule has 9 aromatic carbocycles. The van der Waals surface area contributed by atoms with Gasteiger partial charge in [0.05, 0.1) is 5.69 Å². The van der Waals surface area contributed by atoms with Crippen LogP contribution in [-0.4, -0.2) is 0 Å². The van der Waals surface area contributed by atoms with Crippen molar-refractivity contribution in [3.8, 4) is 11.1 Å². The van der Waals surface area contributed by atoms with Crippen molar-refractivity contribution in [2.45, 2.75) is 0 Å². The van der Waals surface area contributed by atoms with Crippen molar-refractivity contribution in [1.82, 2.24) is 0 Å². The second-order valence-electron chi connectivity index (χ2n) is 14.0. The molecule has 0 aliphatic heterocycles. The number of furan rings is 2. The molecule has 0 spiro atoms. The van der Waals surface area contributed by atoms with Crippen LogP contribution in [0, 0.1) is 0 Å². The Morgan fingerprint density at radius 2 is 1.02 bits per heavy atom. The summed E-state index contributed by atoms with van der Waals surface area (Å²) in [7, 11) is 0. The molecule has 54 heavy (non-hydrogen) atoms. The Labute approximate surface area is 313 Å². The van der Waals surface area contributed by atoms with Crippen LogP contribution in [0.5, 0.6) is 0 Å². The van der Waals surface area contributed by atoms with Crippen molar-refractivity contribution in [3.05, 3.63) is 176 Å². The first-order valence-electron chi connectivity index (χ1n) is 18.2. The van der Waals surface area contributed by atoms with Gasteiger partial charge in [0.1, 0.15) is 22.3 Å². The number of hydrogen-bond acceptors (Lipinski definition) is 4. The van der Waals surface area contributed by atoms with E-state index in [1.165, 1.54) is 36.3 Å². The molecule has 0 amide bonds. The summed E-state index contributed by atoms with van der Waals surface area (Å²) in [6.07, 6.45) is 0. The van der Waals surface area contributed by atoms with Crippen LogP contribution in [-0.2, 0) is 0 Å². The predicted molar refractivity (Wildman–Crippen MR) is 229 cm³/mol. The molecule has 0 saturated heterocycles. The topological polar surface area (TPSA) is 29.5 Å². The van der Waals surface area contributed by atoms with E-state index in [0.29, 0.717) is 0 Å². The first-order chi connectivity index (χ1) is 26.8. The van der Waals surface area contributed by atoms with Crippen LogP contribution in [0.4, 0.5) is 17.1 Å². The Morgan fingerprint density at radius 3 is 1.85 bits per heavy atom. The molecular formula is C50H29NO2S. The van der Waals surface area contributed by atoms with Crippen LogP contribution in [0.2, 0.25) is 0 Å². The molecule has 3 aromatic heterocycles. The zero-order valence-corrected chi connectivity index (χ0v) is 29.7. The van der Waals surface area contributed by atoms with Crippen LogP contribution < -0.4 is 4.90 Å². The summed E-state index contributed by atoms with van der Waals surface area (Å²) in [6.45, 7) is 0. The van der Waals surface area contributed by atoms with Gasteiger partial charge in [-0.05, 0) is 77.0 Å². The Bertz CT molecular complexity index is 3460. The molecule has 0 N–H and O–H groups in total. The Morgan fingerprint density at radius 1 is 0.389 bits per heavy atom. The average Bonchev–Trinajstić information content (AvgIpc) is 3.92. The fourth-order valence-electron chi connectivity index (χ4n) is 8.58. The fourth-order valence-corrected chi connectivity index (χ4v) is 9.67. The highest BCUT2D eigenvalue weighted by Crippen LogP contribution is 2.48. The monoisotopic (exact) mass is 707 g/mol. The van der Waals surface area contributed by atoms with E-state index in [-0.39, 0.29) is 0 Å². The highest BCUT2D eigenvalue weighted by molar-refractivity contribution is 7.26. The van der Waals surface area contributed by atoms with E-state index in [2.05, 4.69) is 181 Å². The Hall–Kier alpha value is -6.88. The number of anilines is 3. The molecule has 0 unspecified atom stereocenters. The molecule has 252 valence electrons. The molecule has 12 aromatic rings. The van der Waals surface area contributed by atoms with Gasteiger partial charge >= 0.3 is 0 Å². The number of benzene rings is 9. The van der Waals surface area contributed by atoms with Gasteiger partial charge in [0.15, 0.2) is 0 Å². The summed E-state index contributed by atoms with van der Waals surface area (Å²) >= 11 is 1.83. The number of hydrogen-bond donors (Lipinski definition) is 0. The van der Waals surface area contributed by atoms with Crippen molar-refractivity contribution >= 4 is 114 Å². The SMILES string of the molecule is c1ccc(-c2ccccc2N(c2ccc3c(c2)oc2c4ccccc4ccc32)c2ccc3sc4ccc5oc6c7ccccc7ccc6c5c4c3c2)cc1. The number of rotatable bonds is 4. The van der Waals surface area contributed by atoms with Crippen molar-refractivity contribution in [2.75, 3.05) is 4.90 Å². The van der Waals surface area contributed by atoms with Crippen LogP contribution in [0.25, 0.3) is 96.7 Å². The summed E-state index contributed by atoms with van der Waals surface area (Å²) in [5, 5.41) is 11.6. The zero-order chi connectivity index (χ0) is 35.3. The first kappa shape index (κ1) is 29.7. The van der Waals surface area contributed by atoms with Gasteiger partial charge in [-0.25, -0.2) is 0 Å². The lowest BCUT2D eigenvalue weighted by Crippen LogP contribution is -2.11. The molecule has 0 aliphatic carbocycles. The lowest BCUT2D eigenvalue weighted by atomic mass is 10.0. The number of fused-ring (bicyclic) bond motifs is 14. The molecule has 4 heteroatoms. The molecule has 0 bridgehead atoms. The van der Waals surface area contributed by atoms with Gasteiger partial charge < -0.3 is 13.7 Å². The Balaban J connectivity index is 1.13. The lowest BCUT2D eigenvalue weighted by molar-refractivity contribution is 0.672. The van der Waals surface area contributed by atoms with Crippen LogP contribution >= 0.6 is 11.3 Å². The van der Waals surface area contributed by atoms with E-state index in [4.69, 9.17) is 8.83 Å². The van der Waals surface area contributed by atoms with Gasteiger partial charge in [0, 0.05) is 75.5 Å². The molecule has 0 atom stereocenters. The number of nitrogens with zero attached hydrogens (tertiary/aromatic N) is 1. The zero-order valence-electron chi connectivity index (χ0n) is 28.9. The van der Waals surface area contributed by atoms with E-state index < -0.39 is 0 Å². The normalized spacial score (nSPS) is 12.1. The van der Waals surface area contributed by atoms with Gasteiger partial charge in [-0.3, -0.25) is 0 Å². The quantitative estimate of drug-likeness (QED) is 0.182. The van der Waals surface area contributed by atoms with E-state index in [1.54, 1.807) is 0 Å². The summed E-state index contributed by atoms with van der Waals surface area (Å²) in [4.78, 5) is 2.39. The second-order valence-corrected chi connectivity index (χ2v) is 15.1. The van der Waals surface area contributed by atoms with E-state index in [9.17, 15) is 0 Å². The van der Waals surface area contributed by atoms with Crippen LogP contribution in [0.15, 0.2) is 185 Å². The van der Waals surface area contributed by atoms with Crippen LogP contribution in [0.1, 0.15) is 0 Å². The minimum Gasteiger partial charge on any atom is -0.455 e. The number of para-hydroxylation sites is 1. The minimum absolute atomic E-state index is 0.863. The largest absolute Gasteiger partial charge is 0.455 e. The minimum atomic E-state index is 0.863. The van der Waals surface area contributed by atoms with Crippen LogP contribution in [0.3, 0.4) is 0 Å². The third-order valence-electron chi connectivity index (χ3n) is 11.0. The van der Waals surface area contributed by atoms with Crippen molar-refractivity contribution in [2.24, 2.45) is 0 Å². The molecular weight excluding hydrogens is 679 g/mol. The highest BCUT2D eigenvalue weighted by Gasteiger charge is 2.22. The maximum absolute atomic E-state index is 6.73. The molecule has 0 saturated carbocycles. The van der Waals surface area contributed by atoms with Crippen molar-refractivity contribution < 1.29 is 8.83 Å². The summed E-state index contributed by atoms with van der Waals surface area (Å²) in [6, 6.07) is 63.0. The third kappa shape index (κ3) is 4.29. The summed E-state index contributed by atoms with van der Waals surface area (Å²) < 4.78 is 15.9. The van der Waals surface area contributed by atoms with E-state index >= 15 is 0 Å². The molecule has 3 nitrogen and oxygen atoms in total. The molecule has 0 aliphatic rings. The molecule has 3 heterocycles. The molecule has 0 fully saturated rings. The van der Waals surface area contributed by atoms with Gasteiger partial charge in [0.25, 0.3) is 0 Å². The van der Waals surface area contributed by atoms with E-state index in [1.807, 2.05) is 11.3 Å².